The molecule has 0 amide bonds. The lowest BCUT2D eigenvalue weighted by molar-refractivity contribution is 0.355. The van der Waals surface area contributed by atoms with Gasteiger partial charge in [0, 0.05) is 29.4 Å². The Morgan fingerprint density at radius 3 is 2.48 bits per heavy atom. The monoisotopic (exact) mass is 361 g/mol. The molecule has 0 aliphatic rings. The van der Waals surface area contributed by atoms with Gasteiger partial charge in [-0.3, -0.25) is 5.10 Å². The van der Waals surface area contributed by atoms with E-state index in [-0.39, 0.29) is 0 Å². The van der Waals surface area contributed by atoms with Crippen LogP contribution in [0, 0.1) is 0 Å². The smallest absolute Gasteiger partial charge is 0.162 e. The Kier molecular flexibility index (Phi) is 4.49. The first-order valence-corrected chi connectivity index (χ1v) is 8.42. The fraction of sp³-hybridized carbons (Fsp3) is 0.100. The number of aromatic nitrogens is 3. The molecule has 7 heteroatoms. The molecule has 4 aromatic rings. The number of aromatic amines is 1. The molecule has 3 N–H and O–H groups in total. The third kappa shape index (κ3) is 3.48. The fourth-order valence-electron chi connectivity index (χ4n) is 2.87. The van der Waals surface area contributed by atoms with Crippen molar-refractivity contribution in [2.45, 2.75) is 0 Å². The summed E-state index contributed by atoms with van der Waals surface area (Å²) in [5, 5.41) is 15.6. The number of pyridine rings is 1. The highest BCUT2D eigenvalue weighted by Crippen LogP contribution is 2.33. The molecule has 0 unspecified atom stereocenters. The number of anilines is 4. The number of H-pyrrole nitrogens is 1. The Bertz CT molecular complexity index is 1060. The van der Waals surface area contributed by atoms with Gasteiger partial charge in [0.05, 0.1) is 14.2 Å². The van der Waals surface area contributed by atoms with E-state index in [2.05, 4.69) is 20.8 Å². The van der Waals surface area contributed by atoms with Gasteiger partial charge < -0.3 is 20.1 Å². The Morgan fingerprint density at radius 2 is 1.70 bits per heavy atom. The molecule has 0 bridgehead atoms. The second-order valence-electron chi connectivity index (χ2n) is 5.86. The van der Waals surface area contributed by atoms with Crippen LogP contribution in [-0.2, 0) is 0 Å². The lowest BCUT2D eigenvalue weighted by Gasteiger charge is -2.14. The number of ether oxygens (including phenoxy) is 2. The third-order valence-corrected chi connectivity index (χ3v) is 4.14. The van der Waals surface area contributed by atoms with E-state index in [0.717, 1.165) is 22.3 Å². The van der Waals surface area contributed by atoms with Gasteiger partial charge >= 0.3 is 0 Å². The highest BCUT2D eigenvalue weighted by atomic mass is 16.5. The number of methoxy groups -OCH3 is 2. The lowest BCUT2D eigenvalue weighted by Crippen LogP contribution is -2.00. The summed E-state index contributed by atoms with van der Waals surface area (Å²) in [6, 6.07) is 17.6. The predicted molar refractivity (Wildman–Crippen MR) is 106 cm³/mol. The molecule has 4 rings (SSSR count). The van der Waals surface area contributed by atoms with Crippen molar-refractivity contribution in [2.24, 2.45) is 0 Å². The van der Waals surface area contributed by atoms with Crippen molar-refractivity contribution in [1.29, 1.82) is 0 Å². The molecule has 0 spiro atoms. The summed E-state index contributed by atoms with van der Waals surface area (Å²) in [7, 11) is 3.23. The van der Waals surface area contributed by atoms with E-state index in [1.165, 1.54) is 0 Å². The number of hydrogen-bond acceptors (Lipinski definition) is 6. The molecular weight excluding hydrogens is 342 g/mol. The van der Waals surface area contributed by atoms with Crippen molar-refractivity contribution < 1.29 is 9.47 Å². The van der Waals surface area contributed by atoms with E-state index < -0.39 is 0 Å². The van der Waals surface area contributed by atoms with Crippen molar-refractivity contribution in [2.75, 3.05) is 24.9 Å². The van der Waals surface area contributed by atoms with Gasteiger partial charge in [-0.1, -0.05) is 24.3 Å². The van der Waals surface area contributed by atoms with E-state index in [4.69, 9.17) is 14.5 Å². The summed E-state index contributed by atoms with van der Waals surface area (Å²) < 4.78 is 10.7. The molecule has 136 valence electrons. The maximum Gasteiger partial charge on any atom is 0.162 e. The van der Waals surface area contributed by atoms with E-state index in [1.807, 2.05) is 54.6 Å². The fourth-order valence-corrected chi connectivity index (χ4v) is 2.87. The largest absolute Gasteiger partial charge is 0.493 e. The predicted octanol–water partition coefficient (Wildman–Crippen LogP) is 4.46. The third-order valence-electron chi connectivity index (χ3n) is 4.14. The summed E-state index contributed by atoms with van der Waals surface area (Å²) in [6.07, 6.45) is 1.76. The molecule has 2 aromatic heterocycles. The van der Waals surface area contributed by atoms with Gasteiger partial charge in [-0.05, 0) is 23.6 Å². The number of rotatable bonds is 6. The molecule has 0 fully saturated rings. The zero-order valence-electron chi connectivity index (χ0n) is 15.0. The van der Waals surface area contributed by atoms with Gasteiger partial charge in [0.2, 0.25) is 0 Å². The van der Waals surface area contributed by atoms with Crippen LogP contribution in [0.1, 0.15) is 0 Å². The second kappa shape index (κ2) is 7.25. The molecule has 0 aliphatic carbocycles. The van der Waals surface area contributed by atoms with Gasteiger partial charge in [0.25, 0.3) is 0 Å². The van der Waals surface area contributed by atoms with Gasteiger partial charge in [-0.15, -0.1) is 0 Å². The van der Waals surface area contributed by atoms with E-state index >= 15 is 0 Å². The minimum absolute atomic E-state index is 0.651. The first-order chi connectivity index (χ1) is 13.3. The summed E-state index contributed by atoms with van der Waals surface area (Å²) in [4.78, 5) is 4.72. The van der Waals surface area contributed by atoms with Crippen LogP contribution in [0.5, 0.6) is 11.5 Å². The quantitative estimate of drug-likeness (QED) is 0.470. The van der Waals surface area contributed by atoms with Crippen molar-refractivity contribution >= 4 is 33.9 Å². The van der Waals surface area contributed by atoms with Crippen LogP contribution in [0.25, 0.3) is 10.8 Å². The second-order valence-corrected chi connectivity index (χ2v) is 5.86. The number of nitrogens with zero attached hydrogens (tertiary/aromatic N) is 2. The Hall–Kier alpha value is -3.74. The molecule has 2 aromatic carbocycles. The molecule has 0 saturated heterocycles. The van der Waals surface area contributed by atoms with Crippen molar-refractivity contribution in [3.8, 4) is 11.5 Å². The summed E-state index contributed by atoms with van der Waals surface area (Å²) in [5.41, 5.74) is 0.849. The number of nitrogens with one attached hydrogen (secondary N) is 3. The first kappa shape index (κ1) is 16.7. The van der Waals surface area contributed by atoms with Gasteiger partial charge in [-0.25, -0.2) is 4.98 Å². The van der Waals surface area contributed by atoms with Crippen LogP contribution >= 0.6 is 0 Å². The van der Waals surface area contributed by atoms with Crippen LogP contribution in [0.15, 0.2) is 60.8 Å². The normalized spacial score (nSPS) is 10.6. The average molecular weight is 361 g/mol. The summed E-state index contributed by atoms with van der Waals surface area (Å²) in [6.45, 7) is 0. The zero-order valence-corrected chi connectivity index (χ0v) is 15.0. The highest BCUT2D eigenvalue weighted by Gasteiger charge is 2.10. The van der Waals surface area contributed by atoms with Crippen molar-refractivity contribution in [3.63, 3.8) is 0 Å². The van der Waals surface area contributed by atoms with Crippen LogP contribution < -0.4 is 20.1 Å². The molecule has 2 heterocycles. The minimum Gasteiger partial charge on any atom is -0.493 e. The highest BCUT2D eigenvalue weighted by molar-refractivity contribution is 5.95. The minimum atomic E-state index is 0.651. The summed E-state index contributed by atoms with van der Waals surface area (Å²) >= 11 is 0. The van der Waals surface area contributed by atoms with E-state index in [1.54, 1.807) is 20.4 Å². The van der Waals surface area contributed by atoms with Crippen molar-refractivity contribution in [1.82, 2.24) is 15.2 Å². The standard InChI is InChI=1S/C20H19N5O2/c1-26-16-8-7-14(12-17(16)27-2)22-20-15-6-4-3-5-13(15)11-19(24-20)23-18-9-10-21-25-18/h3-12H,1-2H3,(H3,21,22,23,24,25). The molecule has 0 aliphatic heterocycles. The molecule has 0 atom stereocenters. The number of hydrogen-bond donors (Lipinski definition) is 3. The lowest BCUT2D eigenvalue weighted by atomic mass is 10.1. The maximum atomic E-state index is 5.39. The van der Waals surface area contributed by atoms with Gasteiger partial charge in [0.15, 0.2) is 17.3 Å². The Balaban J connectivity index is 1.73. The Labute approximate surface area is 156 Å². The molecule has 27 heavy (non-hydrogen) atoms. The Morgan fingerprint density at radius 1 is 0.852 bits per heavy atom. The van der Waals surface area contributed by atoms with Crippen LogP contribution in [0.4, 0.5) is 23.1 Å². The van der Waals surface area contributed by atoms with Crippen LogP contribution in [0.2, 0.25) is 0 Å². The van der Waals surface area contributed by atoms with Crippen molar-refractivity contribution in [3.05, 3.63) is 60.8 Å². The summed E-state index contributed by atoms with van der Waals surface area (Å²) in [5.74, 6) is 3.46. The SMILES string of the molecule is COc1ccc(Nc2nc(Nc3cc[nH]n3)cc3ccccc23)cc1OC. The van der Waals surface area contributed by atoms with Crippen LogP contribution in [-0.4, -0.2) is 29.4 Å². The zero-order chi connectivity index (χ0) is 18.6. The topological polar surface area (TPSA) is 84.1 Å². The van der Waals surface area contributed by atoms with E-state index in [0.29, 0.717) is 23.1 Å². The molecule has 7 nitrogen and oxygen atoms in total. The van der Waals surface area contributed by atoms with Gasteiger partial charge in [-0.2, -0.15) is 5.10 Å². The molecular formula is C20H19N5O2. The maximum absolute atomic E-state index is 5.39. The first-order valence-electron chi connectivity index (χ1n) is 8.42. The molecule has 0 saturated carbocycles. The van der Waals surface area contributed by atoms with Crippen LogP contribution in [0.3, 0.4) is 0 Å². The molecule has 0 radical (unpaired) electrons. The van der Waals surface area contributed by atoms with Gasteiger partial charge in [0.1, 0.15) is 11.6 Å². The average Bonchev–Trinajstić information content (AvgIpc) is 3.21. The number of benzene rings is 2. The number of fused-ring (bicyclic) bond motifs is 1. The van der Waals surface area contributed by atoms with E-state index in [9.17, 15) is 0 Å².